The van der Waals surface area contributed by atoms with Crippen molar-refractivity contribution in [1.29, 1.82) is 0 Å². The molecule has 0 spiro atoms. The molecule has 1 atom stereocenters. The number of nitrogens with zero attached hydrogens (tertiary/aromatic N) is 2. The lowest BCUT2D eigenvalue weighted by molar-refractivity contribution is -0.142. The largest absolute Gasteiger partial charge is 0.467 e. The Morgan fingerprint density at radius 3 is 2.38 bits per heavy atom. The number of rotatable bonds is 7. The molecule has 3 aromatic rings. The number of anilines is 2. The van der Waals surface area contributed by atoms with Crippen LogP contribution in [-0.4, -0.2) is 35.1 Å². The van der Waals surface area contributed by atoms with Gasteiger partial charge in [0, 0.05) is 5.39 Å². The number of halogens is 3. The minimum atomic E-state index is -4.61. The summed E-state index contributed by atoms with van der Waals surface area (Å²) in [7, 11) is 1.29. The SMILES string of the molecule is COC(=O)C(Nc1nc(CNC(=O)Nc2ccccc2C(F)(F)F)nc2ccccc12)C(C)C. The van der Waals surface area contributed by atoms with Crippen molar-refractivity contribution >= 4 is 34.4 Å². The molecule has 0 aliphatic carbocycles. The number of carbonyl (C=O) groups is 2. The van der Waals surface area contributed by atoms with Crippen molar-refractivity contribution in [3.8, 4) is 0 Å². The number of hydrogen-bond donors (Lipinski definition) is 3. The van der Waals surface area contributed by atoms with E-state index in [0.29, 0.717) is 16.7 Å². The molecule has 0 radical (unpaired) electrons. The average Bonchev–Trinajstić information content (AvgIpc) is 2.80. The third-order valence-electron chi connectivity index (χ3n) is 4.95. The summed E-state index contributed by atoms with van der Waals surface area (Å²) in [6, 6.07) is 10.2. The molecule has 0 aliphatic rings. The van der Waals surface area contributed by atoms with E-state index in [1.165, 1.54) is 19.2 Å². The number of carbonyl (C=O) groups excluding carboxylic acids is 2. The van der Waals surface area contributed by atoms with Crippen LogP contribution in [0.5, 0.6) is 0 Å². The van der Waals surface area contributed by atoms with Crippen LogP contribution < -0.4 is 16.0 Å². The predicted octanol–water partition coefficient (Wildman–Crippen LogP) is 4.58. The third-order valence-corrected chi connectivity index (χ3v) is 4.95. The van der Waals surface area contributed by atoms with Crippen LogP contribution in [0.2, 0.25) is 0 Å². The topological polar surface area (TPSA) is 105 Å². The lowest BCUT2D eigenvalue weighted by Gasteiger charge is -2.21. The monoisotopic (exact) mass is 475 g/mol. The summed E-state index contributed by atoms with van der Waals surface area (Å²) in [5.41, 5.74) is -0.764. The van der Waals surface area contributed by atoms with Gasteiger partial charge in [0.2, 0.25) is 0 Å². The second-order valence-corrected chi connectivity index (χ2v) is 7.75. The zero-order chi connectivity index (χ0) is 24.9. The maximum absolute atomic E-state index is 13.2. The Balaban J connectivity index is 1.81. The van der Waals surface area contributed by atoms with Gasteiger partial charge in [-0.25, -0.2) is 19.6 Å². The average molecular weight is 475 g/mol. The number of alkyl halides is 3. The second kappa shape index (κ2) is 10.4. The minimum Gasteiger partial charge on any atom is -0.467 e. The standard InChI is InChI=1S/C23H24F3N5O3/c1-13(2)19(21(32)34-3)31-20-14-8-4-6-10-16(14)28-18(30-20)12-27-22(33)29-17-11-7-5-9-15(17)23(24,25)26/h4-11,13,19H,12H2,1-3H3,(H2,27,29,33)(H,28,30,31). The lowest BCUT2D eigenvalue weighted by Crippen LogP contribution is -2.36. The molecule has 0 fully saturated rings. The van der Waals surface area contributed by atoms with E-state index in [-0.39, 0.29) is 24.0 Å². The Labute approximate surface area is 193 Å². The zero-order valence-corrected chi connectivity index (χ0v) is 18.7. The van der Waals surface area contributed by atoms with E-state index in [0.717, 1.165) is 12.1 Å². The Bertz CT molecular complexity index is 1180. The maximum Gasteiger partial charge on any atom is 0.418 e. The number of hydrogen-bond acceptors (Lipinski definition) is 6. The van der Waals surface area contributed by atoms with Gasteiger partial charge in [-0.2, -0.15) is 13.2 Å². The number of aromatic nitrogens is 2. The minimum absolute atomic E-state index is 0.109. The van der Waals surface area contributed by atoms with Gasteiger partial charge in [0.15, 0.2) is 5.82 Å². The van der Waals surface area contributed by atoms with E-state index in [1.54, 1.807) is 24.3 Å². The molecule has 1 aromatic heterocycles. The van der Waals surface area contributed by atoms with Crippen molar-refractivity contribution < 1.29 is 27.5 Å². The normalized spacial score (nSPS) is 12.3. The van der Waals surface area contributed by atoms with Crippen molar-refractivity contribution in [3.05, 3.63) is 59.9 Å². The van der Waals surface area contributed by atoms with Gasteiger partial charge in [-0.05, 0) is 30.2 Å². The van der Waals surface area contributed by atoms with E-state index < -0.39 is 29.8 Å². The molecule has 0 saturated carbocycles. The number of benzene rings is 2. The summed E-state index contributed by atoms with van der Waals surface area (Å²) in [5, 5.41) is 8.41. The van der Waals surface area contributed by atoms with Crippen LogP contribution in [0, 0.1) is 5.92 Å². The molecule has 2 aromatic carbocycles. The number of methoxy groups -OCH3 is 1. The van der Waals surface area contributed by atoms with E-state index in [2.05, 4.69) is 25.9 Å². The molecule has 0 saturated heterocycles. The van der Waals surface area contributed by atoms with Crippen molar-refractivity contribution in [1.82, 2.24) is 15.3 Å². The predicted molar refractivity (Wildman–Crippen MR) is 121 cm³/mol. The highest BCUT2D eigenvalue weighted by Crippen LogP contribution is 2.34. The Morgan fingerprint density at radius 1 is 1.03 bits per heavy atom. The first kappa shape index (κ1) is 24.7. The van der Waals surface area contributed by atoms with Crippen LogP contribution >= 0.6 is 0 Å². The van der Waals surface area contributed by atoms with Crippen LogP contribution in [0.1, 0.15) is 25.2 Å². The fourth-order valence-corrected chi connectivity index (χ4v) is 3.25. The fraction of sp³-hybridized carbons (Fsp3) is 0.304. The van der Waals surface area contributed by atoms with Crippen LogP contribution in [0.3, 0.4) is 0 Å². The summed E-state index contributed by atoms with van der Waals surface area (Å²) >= 11 is 0. The molecule has 2 amide bonds. The van der Waals surface area contributed by atoms with Gasteiger partial charge in [-0.3, -0.25) is 0 Å². The first-order valence-electron chi connectivity index (χ1n) is 10.4. The molecule has 1 unspecified atom stereocenters. The van der Waals surface area contributed by atoms with E-state index >= 15 is 0 Å². The fourth-order valence-electron chi connectivity index (χ4n) is 3.25. The summed E-state index contributed by atoms with van der Waals surface area (Å²) < 4.78 is 44.3. The number of para-hydroxylation sites is 2. The van der Waals surface area contributed by atoms with Crippen LogP contribution in [0.25, 0.3) is 10.9 Å². The second-order valence-electron chi connectivity index (χ2n) is 7.75. The van der Waals surface area contributed by atoms with E-state index in [1.807, 2.05) is 13.8 Å². The van der Waals surface area contributed by atoms with Gasteiger partial charge < -0.3 is 20.7 Å². The molecular weight excluding hydrogens is 451 g/mol. The van der Waals surface area contributed by atoms with E-state index in [9.17, 15) is 22.8 Å². The number of fused-ring (bicyclic) bond motifs is 1. The first-order valence-corrected chi connectivity index (χ1v) is 10.4. The number of ether oxygens (including phenoxy) is 1. The molecule has 0 bridgehead atoms. The lowest BCUT2D eigenvalue weighted by atomic mass is 10.0. The summed E-state index contributed by atoms with van der Waals surface area (Å²) in [5.74, 6) is 0.00413. The van der Waals surface area contributed by atoms with Gasteiger partial charge in [0.05, 0.1) is 30.4 Å². The molecule has 3 N–H and O–H groups in total. The molecule has 0 aliphatic heterocycles. The number of amides is 2. The van der Waals surface area contributed by atoms with Gasteiger partial charge in [-0.15, -0.1) is 0 Å². The first-order chi connectivity index (χ1) is 16.1. The van der Waals surface area contributed by atoms with Gasteiger partial charge >= 0.3 is 18.2 Å². The molecule has 8 nitrogen and oxygen atoms in total. The summed E-state index contributed by atoms with van der Waals surface area (Å²) in [6.07, 6.45) is -4.61. The van der Waals surface area contributed by atoms with Crippen molar-refractivity contribution in [2.75, 3.05) is 17.7 Å². The van der Waals surface area contributed by atoms with Gasteiger partial charge in [-0.1, -0.05) is 38.1 Å². The smallest absolute Gasteiger partial charge is 0.418 e. The van der Waals surface area contributed by atoms with Crippen LogP contribution in [0.15, 0.2) is 48.5 Å². The van der Waals surface area contributed by atoms with Crippen molar-refractivity contribution in [2.24, 2.45) is 5.92 Å². The van der Waals surface area contributed by atoms with Gasteiger partial charge in [0.1, 0.15) is 11.9 Å². The highest BCUT2D eigenvalue weighted by atomic mass is 19.4. The molecule has 3 rings (SSSR count). The Hall–Kier alpha value is -3.89. The molecule has 180 valence electrons. The number of esters is 1. The number of urea groups is 1. The molecule has 1 heterocycles. The summed E-state index contributed by atoms with van der Waals surface area (Å²) in [4.78, 5) is 33.3. The molecular formula is C23H24F3N5O3. The molecule has 11 heteroatoms. The Kier molecular flexibility index (Phi) is 7.54. The van der Waals surface area contributed by atoms with Crippen molar-refractivity contribution in [3.63, 3.8) is 0 Å². The van der Waals surface area contributed by atoms with Crippen LogP contribution in [-0.2, 0) is 22.3 Å². The van der Waals surface area contributed by atoms with Crippen LogP contribution in [0.4, 0.5) is 29.5 Å². The zero-order valence-electron chi connectivity index (χ0n) is 18.7. The quantitative estimate of drug-likeness (QED) is 0.432. The maximum atomic E-state index is 13.2. The highest BCUT2D eigenvalue weighted by molar-refractivity contribution is 5.92. The van der Waals surface area contributed by atoms with Gasteiger partial charge in [0.25, 0.3) is 0 Å². The third kappa shape index (κ3) is 5.91. The Morgan fingerprint density at radius 2 is 1.71 bits per heavy atom. The number of nitrogens with one attached hydrogen (secondary N) is 3. The van der Waals surface area contributed by atoms with Crippen molar-refractivity contribution in [2.45, 2.75) is 32.6 Å². The molecule has 34 heavy (non-hydrogen) atoms. The van der Waals surface area contributed by atoms with E-state index in [4.69, 9.17) is 4.74 Å². The highest BCUT2D eigenvalue weighted by Gasteiger charge is 2.33. The summed E-state index contributed by atoms with van der Waals surface area (Å²) in [6.45, 7) is 3.54.